The van der Waals surface area contributed by atoms with Gasteiger partial charge in [0.25, 0.3) is 5.91 Å². The smallest absolute Gasteiger partial charge is 0.276 e. The van der Waals surface area contributed by atoms with E-state index in [1.165, 1.54) is 12.4 Å². The number of carbonyl (C=O) groups is 1. The van der Waals surface area contributed by atoms with Gasteiger partial charge in [0.2, 0.25) is 5.95 Å². The third-order valence-electron chi connectivity index (χ3n) is 1.71. The molecule has 0 aliphatic heterocycles. The third-order valence-corrected chi connectivity index (χ3v) is 1.71. The predicted octanol–water partition coefficient (Wildman–Crippen LogP) is 0.101. The molecule has 0 unspecified atom stereocenters. The number of pyridine rings is 1. The van der Waals surface area contributed by atoms with Gasteiger partial charge < -0.3 is 5.73 Å². The Morgan fingerprint density at radius 2 is 2.19 bits per heavy atom. The van der Waals surface area contributed by atoms with Crippen molar-refractivity contribution in [1.29, 1.82) is 0 Å². The molecule has 2 aromatic heterocycles. The maximum atomic E-state index is 11.6. The van der Waals surface area contributed by atoms with Crippen molar-refractivity contribution in [1.82, 2.24) is 20.2 Å². The minimum absolute atomic E-state index is 0.122. The molecule has 0 saturated carbocycles. The standard InChI is InChI=1S/C9H8N6O/c10-7-3-1-2-6(13-7)8(16)14-9-11-4-5-12-15-9/h1-5H,(H2,10,13)(H,11,14,15,16). The molecular formula is C9H8N6O. The van der Waals surface area contributed by atoms with Crippen molar-refractivity contribution < 1.29 is 4.79 Å². The van der Waals surface area contributed by atoms with Crippen LogP contribution in [-0.4, -0.2) is 26.1 Å². The fourth-order valence-corrected chi connectivity index (χ4v) is 1.05. The molecule has 7 nitrogen and oxygen atoms in total. The number of hydrogen-bond donors (Lipinski definition) is 2. The van der Waals surface area contributed by atoms with Crippen LogP contribution in [0.3, 0.4) is 0 Å². The molecule has 80 valence electrons. The number of anilines is 2. The summed E-state index contributed by atoms with van der Waals surface area (Å²) in [7, 11) is 0. The van der Waals surface area contributed by atoms with E-state index in [1.807, 2.05) is 0 Å². The lowest BCUT2D eigenvalue weighted by molar-refractivity contribution is 0.102. The number of nitrogens with one attached hydrogen (secondary N) is 1. The molecule has 3 N–H and O–H groups in total. The zero-order chi connectivity index (χ0) is 11.4. The Kier molecular flexibility index (Phi) is 2.68. The summed E-state index contributed by atoms with van der Waals surface area (Å²) in [4.78, 5) is 19.3. The molecular weight excluding hydrogens is 208 g/mol. The van der Waals surface area contributed by atoms with Crippen LogP contribution >= 0.6 is 0 Å². The molecule has 0 bridgehead atoms. The second-order valence-corrected chi connectivity index (χ2v) is 2.87. The van der Waals surface area contributed by atoms with E-state index in [2.05, 4.69) is 25.5 Å². The summed E-state index contributed by atoms with van der Waals surface area (Å²) in [6.07, 6.45) is 2.84. The van der Waals surface area contributed by atoms with E-state index < -0.39 is 5.91 Å². The number of amides is 1. The Morgan fingerprint density at radius 1 is 1.31 bits per heavy atom. The fraction of sp³-hybridized carbons (Fsp3) is 0. The van der Waals surface area contributed by atoms with Gasteiger partial charge in [-0.1, -0.05) is 6.07 Å². The second kappa shape index (κ2) is 4.30. The Balaban J connectivity index is 2.15. The average molecular weight is 216 g/mol. The molecule has 16 heavy (non-hydrogen) atoms. The van der Waals surface area contributed by atoms with Crippen LogP contribution in [0.25, 0.3) is 0 Å². The molecule has 0 aliphatic carbocycles. The minimum Gasteiger partial charge on any atom is -0.384 e. The van der Waals surface area contributed by atoms with Crippen LogP contribution in [0.5, 0.6) is 0 Å². The number of aromatic nitrogens is 4. The maximum Gasteiger partial charge on any atom is 0.276 e. The first-order valence-electron chi connectivity index (χ1n) is 4.43. The molecule has 2 rings (SSSR count). The first-order chi connectivity index (χ1) is 7.75. The lowest BCUT2D eigenvalue weighted by Crippen LogP contribution is -2.16. The number of nitrogens with two attached hydrogens (primary N) is 1. The van der Waals surface area contributed by atoms with Gasteiger partial charge in [-0.05, 0) is 12.1 Å². The van der Waals surface area contributed by atoms with Crippen molar-refractivity contribution in [3.63, 3.8) is 0 Å². The van der Waals surface area contributed by atoms with Gasteiger partial charge in [0.05, 0.1) is 12.4 Å². The van der Waals surface area contributed by atoms with Gasteiger partial charge in [0.15, 0.2) is 0 Å². The van der Waals surface area contributed by atoms with Crippen molar-refractivity contribution in [2.75, 3.05) is 11.1 Å². The number of hydrogen-bond acceptors (Lipinski definition) is 6. The van der Waals surface area contributed by atoms with Gasteiger partial charge >= 0.3 is 0 Å². The summed E-state index contributed by atoms with van der Waals surface area (Å²) in [5, 5.41) is 9.63. The van der Waals surface area contributed by atoms with Crippen LogP contribution in [0, 0.1) is 0 Å². The predicted molar refractivity (Wildman–Crippen MR) is 56.4 cm³/mol. The molecule has 0 atom stereocenters. The Labute approximate surface area is 90.8 Å². The molecule has 1 amide bonds. The van der Waals surface area contributed by atoms with E-state index in [1.54, 1.807) is 18.2 Å². The summed E-state index contributed by atoms with van der Waals surface area (Å²) in [6.45, 7) is 0. The Hall–Kier alpha value is -2.57. The van der Waals surface area contributed by atoms with E-state index in [4.69, 9.17) is 5.73 Å². The minimum atomic E-state index is -0.430. The summed E-state index contributed by atoms with van der Waals surface area (Å²) in [6, 6.07) is 4.78. The Morgan fingerprint density at radius 3 is 2.88 bits per heavy atom. The second-order valence-electron chi connectivity index (χ2n) is 2.87. The van der Waals surface area contributed by atoms with Gasteiger partial charge in [0.1, 0.15) is 11.5 Å². The van der Waals surface area contributed by atoms with Crippen LogP contribution < -0.4 is 11.1 Å². The van der Waals surface area contributed by atoms with Crippen LogP contribution in [0.2, 0.25) is 0 Å². The van der Waals surface area contributed by atoms with Crippen LogP contribution in [-0.2, 0) is 0 Å². The SMILES string of the molecule is Nc1cccc(C(=O)Nc2nccnn2)n1. The topological polar surface area (TPSA) is 107 Å². The highest BCUT2D eigenvalue weighted by molar-refractivity contribution is 6.01. The number of carbonyl (C=O) groups excluding carboxylic acids is 1. The van der Waals surface area contributed by atoms with Crippen molar-refractivity contribution in [3.05, 3.63) is 36.3 Å². The van der Waals surface area contributed by atoms with Gasteiger partial charge in [-0.15, -0.1) is 5.10 Å². The van der Waals surface area contributed by atoms with Gasteiger partial charge in [0, 0.05) is 0 Å². The van der Waals surface area contributed by atoms with Crippen molar-refractivity contribution in [3.8, 4) is 0 Å². The molecule has 2 heterocycles. The highest BCUT2D eigenvalue weighted by atomic mass is 16.2. The monoisotopic (exact) mass is 216 g/mol. The van der Waals surface area contributed by atoms with Crippen LogP contribution in [0.15, 0.2) is 30.6 Å². The summed E-state index contributed by atoms with van der Waals surface area (Å²) >= 11 is 0. The molecule has 0 radical (unpaired) electrons. The molecule has 0 aliphatic rings. The fourth-order valence-electron chi connectivity index (χ4n) is 1.05. The zero-order valence-corrected chi connectivity index (χ0v) is 8.16. The molecule has 0 saturated heterocycles. The van der Waals surface area contributed by atoms with Gasteiger partial charge in [-0.3, -0.25) is 10.1 Å². The van der Waals surface area contributed by atoms with E-state index in [0.717, 1.165) is 0 Å². The molecule has 2 aromatic rings. The van der Waals surface area contributed by atoms with Crippen molar-refractivity contribution in [2.24, 2.45) is 0 Å². The summed E-state index contributed by atoms with van der Waals surface area (Å²) in [5.74, 6) is -0.0308. The molecule has 0 fully saturated rings. The summed E-state index contributed by atoms with van der Waals surface area (Å²) < 4.78 is 0. The van der Waals surface area contributed by atoms with Gasteiger partial charge in [-0.2, -0.15) is 5.10 Å². The lowest BCUT2D eigenvalue weighted by atomic mass is 10.3. The average Bonchev–Trinajstić information content (AvgIpc) is 2.30. The van der Waals surface area contributed by atoms with E-state index in [9.17, 15) is 4.79 Å². The largest absolute Gasteiger partial charge is 0.384 e. The highest BCUT2D eigenvalue weighted by Crippen LogP contribution is 2.02. The normalized spacial score (nSPS) is 9.75. The molecule has 0 spiro atoms. The molecule has 0 aromatic carbocycles. The lowest BCUT2D eigenvalue weighted by Gasteiger charge is -2.01. The van der Waals surface area contributed by atoms with E-state index in [0.29, 0.717) is 0 Å². The van der Waals surface area contributed by atoms with E-state index >= 15 is 0 Å². The van der Waals surface area contributed by atoms with Crippen molar-refractivity contribution in [2.45, 2.75) is 0 Å². The quantitative estimate of drug-likeness (QED) is 0.737. The first-order valence-corrected chi connectivity index (χ1v) is 4.43. The molecule has 7 heteroatoms. The van der Waals surface area contributed by atoms with E-state index in [-0.39, 0.29) is 17.5 Å². The number of rotatable bonds is 2. The van der Waals surface area contributed by atoms with Crippen LogP contribution in [0.4, 0.5) is 11.8 Å². The van der Waals surface area contributed by atoms with Crippen molar-refractivity contribution >= 4 is 17.7 Å². The third kappa shape index (κ3) is 2.27. The maximum absolute atomic E-state index is 11.6. The van der Waals surface area contributed by atoms with Crippen LogP contribution in [0.1, 0.15) is 10.5 Å². The Bertz CT molecular complexity index is 500. The zero-order valence-electron chi connectivity index (χ0n) is 8.16. The highest BCUT2D eigenvalue weighted by Gasteiger charge is 2.08. The number of nitrogens with zero attached hydrogens (tertiary/aromatic N) is 4. The number of nitrogen functional groups attached to an aromatic ring is 1. The van der Waals surface area contributed by atoms with Gasteiger partial charge in [-0.25, -0.2) is 9.97 Å². The first kappa shape index (κ1) is 9.97. The summed E-state index contributed by atoms with van der Waals surface area (Å²) in [5.41, 5.74) is 5.66.